The van der Waals surface area contributed by atoms with Crippen LogP contribution in [0.3, 0.4) is 0 Å². The fraction of sp³-hybridized carbons (Fsp3) is 0.222. The Kier molecular flexibility index (Phi) is 5.73. The molecule has 0 aliphatic rings. The molecule has 2 aromatic rings. The molecule has 0 aromatic heterocycles. The summed E-state index contributed by atoms with van der Waals surface area (Å²) in [7, 11) is 0. The molecule has 1 nitrogen and oxygen atoms in total. The van der Waals surface area contributed by atoms with Gasteiger partial charge in [0.2, 0.25) is 0 Å². The van der Waals surface area contributed by atoms with Gasteiger partial charge in [0.05, 0.1) is 6.10 Å². The van der Waals surface area contributed by atoms with Gasteiger partial charge in [-0.2, -0.15) is 0 Å². The molecule has 0 saturated heterocycles. The van der Waals surface area contributed by atoms with Crippen molar-refractivity contribution in [3.63, 3.8) is 0 Å². The topological polar surface area (TPSA) is 20.2 Å². The highest BCUT2D eigenvalue weighted by atomic mass is 32.2. The van der Waals surface area contributed by atoms with Gasteiger partial charge in [0.25, 0.3) is 0 Å². The van der Waals surface area contributed by atoms with Crippen molar-refractivity contribution >= 4 is 11.8 Å². The number of hydrogen-bond donors (Lipinski definition) is 1. The SMILES string of the molecule is C#CC[C@H](O)CC(Sc1ccccc1)c1ccccc1. The molecule has 1 unspecified atom stereocenters. The van der Waals surface area contributed by atoms with E-state index >= 15 is 0 Å². The van der Waals surface area contributed by atoms with Crippen molar-refractivity contribution < 1.29 is 5.11 Å². The van der Waals surface area contributed by atoms with Crippen LogP contribution in [0, 0.1) is 12.3 Å². The van der Waals surface area contributed by atoms with E-state index in [1.54, 1.807) is 11.8 Å². The zero-order valence-electron chi connectivity index (χ0n) is 11.3. The molecule has 2 aromatic carbocycles. The lowest BCUT2D eigenvalue weighted by Gasteiger charge is -2.19. The van der Waals surface area contributed by atoms with E-state index in [2.05, 4.69) is 30.2 Å². The quantitative estimate of drug-likeness (QED) is 0.630. The van der Waals surface area contributed by atoms with E-state index in [0.29, 0.717) is 12.8 Å². The minimum Gasteiger partial charge on any atom is -0.392 e. The molecule has 2 heteroatoms. The third-order valence-electron chi connectivity index (χ3n) is 3.03. The molecule has 20 heavy (non-hydrogen) atoms. The molecule has 0 amide bonds. The summed E-state index contributed by atoms with van der Waals surface area (Å²) in [5, 5.41) is 10.2. The molecule has 0 spiro atoms. The van der Waals surface area contributed by atoms with Gasteiger partial charge in [-0.1, -0.05) is 48.5 Å². The fourth-order valence-electron chi connectivity index (χ4n) is 2.05. The molecule has 0 fully saturated rings. The van der Waals surface area contributed by atoms with Gasteiger partial charge in [-0.05, 0) is 24.1 Å². The predicted molar refractivity (Wildman–Crippen MR) is 85.6 cm³/mol. The zero-order valence-corrected chi connectivity index (χ0v) is 12.1. The number of aliphatic hydroxyl groups is 1. The first-order valence-corrected chi connectivity index (χ1v) is 7.55. The second-order valence-corrected chi connectivity index (χ2v) is 5.90. The van der Waals surface area contributed by atoms with Crippen LogP contribution in [0.1, 0.15) is 23.7 Å². The number of benzene rings is 2. The molecule has 0 radical (unpaired) electrons. The van der Waals surface area contributed by atoms with E-state index in [-0.39, 0.29) is 5.25 Å². The monoisotopic (exact) mass is 282 g/mol. The molecule has 0 saturated carbocycles. The number of thioether (sulfide) groups is 1. The van der Waals surface area contributed by atoms with Crippen LogP contribution in [-0.4, -0.2) is 11.2 Å². The Morgan fingerprint density at radius 1 is 1.00 bits per heavy atom. The summed E-state index contributed by atoms with van der Waals surface area (Å²) in [4.78, 5) is 1.20. The van der Waals surface area contributed by atoms with Gasteiger partial charge >= 0.3 is 0 Å². The first-order chi connectivity index (χ1) is 9.79. The van der Waals surface area contributed by atoms with E-state index in [4.69, 9.17) is 6.42 Å². The minimum atomic E-state index is -0.457. The Hall–Kier alpha value is -1.69. The number of aliphatic hydroxyl groups excluding tert-OH is 1. The van der Waals surface area contributed by atoms with Crippen LogP contribution in [0.4, 0.5) is 0 Å². The van der Waals surface area contributed by atoms with Crippen molar-refractivity contribution in [2.45, 2.75) is 29.1 Å². The van der Waals surface area contributed by atoms with Crippen LogP contribution < -0.4 is 0 Å². The molecule has 0 bridgehead atoms. The smallest absolute Gasteiger partial charge is 0.0663 e. The maximum absolute atomic E-state index is 10.0. The first-order valence-electron chi connectivity index (χ1n) is 6.68. The van der Waals surface area contributed by atoms with Crippen LogP contribution in [0.15, 0.2) is 65.6 Å². The standard InChI is InChI=1S/C18H18OS/c1-2-9-16(19)14-18(15-10-5-3-6-11-15)20-17-12-7-4-8-13-17/h1,3-8,10-13,16,18-19H,9,14H2/t16-,18?/m0/s1. The van der Waals surface area contributed by atoms with Gasteiger partial charge < -0.3 is 5.11 Å². The maximum atomic E-state index is 10.0. The number of terminal acetylenes is 1. The van der Waals surface area contributed by atoms with Crippen LogP contribution in [0.5, 0.6) is 0 Å². The average molecular weight is 282 g/mol. The zero-order chi connectivity index (χ0) is 14.2. The van der Waals surface area contributed by atoms with E-state index in [1.807, 2.05) is 36.4 Å². The molecular formula is C18H18OS. The van der Waals surface area contributed by atoms with Crippen molar-refractivity contribution in [2.75, 3.05) is 0 Å². The van der Waals surface area contributed by atoms with Gasteiger partial charge in [0.1, 0.15) is 0 Å². The molecule has 0 heterocycles. The lowest BCUT2D eigenvalue weighted by Crippen LogP contribution is -2.10. The highest BCUT2D eigenvalue weighted by Gasteiger charge is 2.17. The molecule has 0 aliphatic carbocycles. The van der Waals surface area contributed by atoms with Crippen molar-refractivity contribution in [2.24, 2.45) is 0 Å². The third-order valence-corrected chi connectivity index (χ3v) is 4.33. The third kappa shape index (κ3) is 4.45. The normalized spacial score (nSPS) is 13.4. The molecule has 0 aliphatic heterocycles. The van der Waals surface area contributed by atoms with Gasteiger partial charge in [-0.3, -0.25) is 0 Å². The summed E-state index contributed by atoms with van der Waals surface area (Å²) >= 11 is 1.77. The van der Waals surface area contributed by atoms with E-state index in [1.165, 1.54) is 10.5 Å². The van der Waals surface area contributed by atoms with Crippen molar-refractivity contribution in [1.82, 2.24) is 0 Å². The predicted octanol–water partition coefficient (Wildman–Crippen LogP) is 4.29. The lowest BCUT2D eigenvalue weighted by atomic mass is 10.0. The average Bonchev–Trinajstić information content (AvgIpc) is 2.49. The molecule has 2 atom stereocenters. The number of rotatable bonds is 6. The largest absolute Gasteiger partial charge is 0.392 e. The second-order valence-electron chi connectivity index (χ2n) is 4.63. The Bertz CT molecular complexity index is 545. The Morgan fingerprint density at radius 2 is 1.60 bits per heavy atom. The molecule has 1 N–H and O–H groups in total. The lowest BCUT2D eigenvalue weighted by molar-refractivity contribution is 0.169. The highest BCUT2D eigenvalue weighted by molar-refractivity contribution is 7.99. The van der Waals surface area contributed by atoms with Crippen LogP contribution >= 0.6 is 11.8 Å². The Balaban J connectivity index is 2.14. The van der Waals surface area contributed by atoms with E-state index in [0.717, 1.165) is 0 Å². The first kappa shape index (κ1) is 14.7. The number of hydrogen-bond acceptors (Lipinski definition) is 2. The van der Waals surface area contributed by atoms with Gasteiger partial charge in [-0.25, -0.2) is 0 Å². The minimum absolute atomic E-state index is 0.210. The second kappa shape index (κ2) is 7.79. The summed E-state index contributed by atoms with van der Waals surface area (Å²) in [5.74, 6) is 2.53. The summed E-state index contributed by atoms with van der Waals surface area (Å²) in [6, 6.07) is 20.5. The summed E-state index contributed by atoms with van der Waals surface area (Å²) < 4.78 is 0. The Labute approximate surface area is 125 Å². The summed E-state index contributed by atoms with van der Waals surface area (Å²) in [5.41, 5.74) is 1.22. The fourth-order valence-corrected chi connectivity index (χ4v) is 3.30. The maximum Gasteiger partial charge on any atom is 0.0663 e. The van der Waals surface area contributed by atoms with E-state index < -0.39 is 6.10 Å². The summed E-state index contributed by atoms with van der Waals surface area (Å²) in [6.45, 7) is 0. The highest BCUT2D eigenvalue weighted by Crippen LogP contribution is 2.38. The summed E-state index contributed by atoms with van der Waals surface area (Å²) in [6.07, 6.45) is 5.88. The van der Waals surface area contributed by atoms with Crippen molar-refractivity contribution in [3.8, 4) is 12.3 Å². The molecule has 2 rings (SSSR count). The van der Waals surface area contributed by atoms with Crippen molar-refractivity contribution in [1.29, 1.82) is 0 Å². The van der Waals surface area contributed by atoms with Gasteiger partial charge in [0.15, 0.2) is 0 Å². The van der Waals surface area contributed by atoms with Crippen molar-refractivity contribution in [3.05, 3.63) is 66.2 Å². The Morgan fingerprint density at radius 3 is 2.20 bits per heavy atom. The van der Waals surface area contributed by atoms with Crippen LogP contribution in [0.2, 0.25) is 0 Å². The molecule has 102 valence electrons. The van der Waals surface area contributed by atoms with Gasteiger partial charge in [-0.15, -0.1) is 24.1 Å². The van der Waals surface area contributed by atoms with Crippen LogP contribution in [-0.2, 0) is 0 Å². The van der Waals surface area contributed by atoms with Crippen LogP contribution in [0.25, 0.3) is 0 Å². The van der Waals surface area contributed by atoms with E-state index in [9.17, 15) is 5.11 Å². The molecular weight excluding hydrogens is 264 g/mol. The van der Waals surface area contributed by atoms with Gasteiger partial charge in [0, 0.05) is 16.6 Å².